The first-order valence-corrected chi connectivity index (χ1v) is 7.23. The Morgan fingerprint density at radius 3 is 2.22 bits per heavy atom. The fraction of sp³-hybridized carbons (Fsp3) is 0.857. The third-order valence-corrected chi connectivity index (χ3v) is 4.71. The molecule has 0 spiro atoms. The van der Waals surface area contributed by atoms with Crippen LogP contribution in [0.3, 0.4) is 0 Å². The molecule has 3 nitrogen and oxygen atoms in total. The molecular formula is C14H27ClN2O. The van der Waals surface area contributed by atoms with Crippen LogP contribution >= 0.6 is 11.8 Å². The summed E-state index contributed by atoms with van der Waals surface area (Å²) in [5, 5.41) is 0. The molecule has 0 bridgehead atoms. The largest absolute Gasteiger partial charge is 0.478 e. The van der Waals surface area contributed by atoms with Crippen molar-refractivity contribution in [1.29, 1.82) is 0 Å². The van der Waals surface area contributed by atoms with Crippen molar-refractivity contribution in [3.05, 3.63) is 12.3 Å². The van der Waals surface area contributed by atoms with Gasteiger partial charge in [-0.3, -0.25) is 4.90 Å². The minimum atomic E-state index is -0.499. The van der Waals surface area contributed by atoms with Crippen LogP contribution in [-0.2, 0) is 4.74 Å². The van der Waals surface area contributed by atoms with Gasteiger partial charge in [0.1, 0.15) is 0 Å². The number of hydrogen-bond donors (Lipinski definition) is 0. The molecule has 0 saturated heterocycles. The minimum Gasteiger partial charge on any atom is -0.478 e. The Hall–Kier alpha value is -0.250. The second-order valence-corrected chi connectivity index (χ2v) is 5.89. The van der Waals surface area contributed by atoms with Gasteiger partial charge in [0.2, 0.25) is 0 Å². The molecule has 0 amide bonds. The number of likely N-dealkylation sites (N-methyl/N-ethyl adjacent to an activating group) is 1. The van der Waals surface area contributed by atoms with Crippen molar-refractivity contribution >= 4 is 11.8 Å². The van der Waals surface area contributed by atoms with Gasteiger partial charge in [-0.05, 0) is 58.1 Å². The maximum atomic E-state index is 6.58. The maximum absolute atomic E-state index is 6.58. The fourth-order valence-electron chi connectivity index (χ4n) is 2.87. The van der Waals surface area contributed by atoms with Gasteiger partial charge in [-0.1, -0.05) is 20.8 Å². The van der Waals surface area contributed by atoms with E-state index < -0.39 is 5.72 Å². The quantitative estimate of drug-likeness (QED) is 0.713. The summed E-state index contributed by atoms with van der Waals surface area (Å²) < 4.78 is 7.75. The van der Waals surface area contributed by atoms with Gasteiger partial charge in [0.25, 0.3) is 0 Å². The van der Waals surface area contributed by atoms with E-state index in [-0.39, 0.29) is 11.6 Å². The molecule has 1 heterocycles. The van der Waals surface area contributed by atoms with E-state index in [9.17, 15) is 0 Å². The summed E-state index contributed by atoms with van der Waals surface area (Å²) in [6, 6.07) is 0.272. The van der Waals surface area contributed by atoms with E-state index in [1.165, 1.54) is 0 Å². The monoisotopic (exact) mass is 274 g/mol. The van der Waals surface area contributed by atoms with E-state index >= 15 is 0 Å². The molecule has 2 unspecified atom stereocenters. The zero-order chi connectivity index (χ0) is 14.0. The van der Waals surface area contributed by atoms with Crippen molar-refractivity contribution < 1.29 is 4.74 Å². The molecule has 0 N–H and O–H groups in total. The number of hydrogen-bond acceptors (Lipinski definition) is 3. The Morgan fingerprint density at radius 2 is 1.78 bits per heavy atom. The van der Waals surface area contributed by atoms with Crippen molar-refractivity contribution in [2.24, 2.45) is 0 Å². The molecule has 0 aromatic rings. The van der Waals surface area contributed by atoms with Crippen molar-refractivity contribution in [1.82, 2.24) is 9.32 Å². The van der Waals surface area contributed by atoms with E-state index in [0.717, 1.165) is 19.5 Å². The van der Waals surface area contributed by atoms with Gasteiger partial charge in [0.15, 0.2) is 5.72 Å². The van der Waals surface area contributed by atoms with E-state index in [4.69, 9.17) is 16.5 Å². The summed E-state index contributed by atoms with van der Waals surface area (Å²) in [4.78, 5) is 2.41. The van der Waals surface area contributed by atoms with Crippen molar-refractivity contribution in [3.63, 3.8) is 0 Å². The molecule has 1 aliphatic rings. The molecule has 18 heavy (non-hydrogen) atoms. The predicted molar refractivity (Wildman–Crippen MR) is 77.4 cm³/mol. The highest BCUT2D eigenvalue weighted by Gasteiger charge is 2.49. The van der Waals surface area contributed by atoms with Crippen molar-refractivity contribution in [2.75, 3.05) is 13.1 Å². The zero-order valence-corrected chi connectivity index (χ0v) is 13.3. The molecule has 0 radical (unpaired) electrons. The van der Waals surface area contributed by atoms with Crippen LogP contribution in [-0.4, -0.2) is 39.7 Å². The average molecular weight is 275 g/mol. The standard InChI is InChI=1S/C14H27ClN2O/c1-7-12(16(8-2)9-3)14(6)17(15)13(4,5)10-11-18-14/h10-12H,7-9H2,1-6H3. The summed E-state index contributed by atoms with van der Waals surface area (Å²) in [5.41, 5.74) is -0.699. The van der Waals surface area contributed by atoms with Crippen LogP contribution in [0.25, 0.3) is 0 Å². The summed E-state index contributed by atoms with van der Waals surface area (Å²) >= 11 is 6.58. The first-order chi connectivity index (χ1) is 8.33. The lowest BCUT2D eigenvalue weighted by Gasteiger charge is -2.52. The fourth-order valence-corrected chi connectivity index (χ4v) is 3.08. The summed E-state index contributed by atoms with van der Waals surface area (Å²) in [5.74, 6) is 0. The lowest BCUT2D eigenvalue weighted by atomic mass is 9.94. The van der Waals surface area contributed by atoms with Gasteiger partial charge in [-0.15, -0.1) is 0 Å². The normalized spacial score (nSPS) is 29.3. The Morgan fingerprint density at radius 1 is 1.22 bits per heavy atom. The highest BCUT2D eigenvalue weighted by atomic mass is 35.5. The minimum absolute atomic E-state index is 0.199. The van der Waals surface area contributed by atoms with Gasteiger partial charge in [-0.25, -0.2) is 0 Å². The first-order valence-electron chi connectivity index (χ1n) is 6.89. The molecule has 1 aliphatic heterocycles. The van der Waals surface area contributed by atoms with Gasteiger partial charge in [0, 0.05) is 0 Å². The van der Waals surface area contributed by atoms with E-state index in [0.29, 0.717) is 0 Å². The second-order valence-electron chi connectivity index (χ2n) is 5.55. The Bertz CT molecular complexity index is 302. The highest BCUT2D eigenvalue weighted by molar-refractivity contribution is 6.14. The molecule has 106 valence electrons. The molecular weight excluding hydrogens is 248 g/mol. The first kappa shape index (κ1) is 15.8. The van der Waals surface area contributed by atoms with Crippen LogP contribution in [0.5, 0.6) is 0 Å². The van der Waals surface area contributed by atoms with Crippen molar-refractivity contribution in [3.8, 4) is 0 Å². The van der Waals surface area contributed by atoms with E-state index in [1.54, 1.807) is 6.26 Å². The van der Waals surface area contributed by atoms with Gasteiger partial charge < -0.3 is 4.74 Å². The Kier molecular flexibility index (Phi) is 5.10. The van der Waals surface area contributed by atoms with Crippen LogP contribution in [0.1, 0.15) is 48.0 Å². The highest BCUT2D eigenvalue weighted by Crippen LogP contribution is 2.38. The number of halogens is 1. The number of ether oxygens (including phenoxy) is 1. The Balaban J connectivity index is 3.07. The van der Waals surface area contributed by atoms with Crippen LogP contribution in [0, 0.1) is 0 Å². The molecule has 0 aromatic heterocycles. The molecule has 0 fully saturated rings. The predicted octanol–water partition coefficient (Wildman–Crippen LogP) is 3.60. The van der Waals surface area contributed by atoms with Crippen LogP contribution < -0.4 is 0 Å². The topological polar surface area (TPSA) is 15.7 Å². The third kappa shape index (κ3) is 2.68. The summed E-state index contributed by atoms with van der Waals surface area (Å²) in [6.45, 7) is 14.8. The lowest BCUT2D eigenvalue weighted by Crippen LogP contribution is -2.64. The van der Waals surface area contributed by atoms with Crippen LogP contribution in [0.4, 0.5) is 0 Å². The van der Waals surface area contributed by atoms with Crippen LogP contribution in [0.15, 0.2) is 12.3 Å². The SMILES string of the molecule is CCC(N(CC)CC)C1(C)OC=CC(C)(C)N1Cl. The lowest BCUT2D eigenvalue weighted by molar-refractivity contribution is -0.149. The number of rotatable bonds is 5. The molecule has 2 atom stereocenters. The van der Waals surface area contributed by atoms with Gasteiger partial charge >= 0.3 is 0 Å². The third-order valence-electron chi connectivity index (χ3n) is 3.94. The summed E-state index contributed by atoms with van der Waals surface area (Å²) in [7, 11) is 0. The van der Waals surface area contributed by atoms with Crippen LogP contribution in [0.2, 0.25) is 0 Å². The molecule has 4 heteroatoms. The Labute approximate surface area is 117 Å². The van der Waals surface area contributed by atoms with E-state index in [2.05, 4.69) is 46.4 Å². The molecule has 0 saturated carbocycles. The molecule has 0 aromatic carbocycles. The zero-order valence-electron chi connectivity index (χ0n) is 12.5. The van der Waals surface area contributed by atoms with Gasteiger partial charge in [-0.2, -0.15) is 4.42 Å². The second kappa shape index (κ2) is 5.81. The van der Waals surface area contributed by atoms with Gasteiger partial charge in [0.05, 0.1) is 17.8 Å². The summed E-state index contributed by atoms with van der Waals surface area (Å²) in [6.07, 6.45) is 4.80. The van der Waals surface area contributed by atoms with Crippen molar-refractivity contribution in [2.45, 2.75) is 65.3 Å². The smallest absolute Gasteiger partial charge is 0.188 e. The maximum Gasteiger partial charge on any atom is 0.188 e. The number of nitrogens with zero attached hydrogens (tertiary/aromatic N) is 2. The average Bonchev–Trinajstić information content (AvgIpc) is 2.32. The molecule has 0 aliphatic carbocycles. The molecule has 1 rings (SSSR count). The van der Waals surface area contributed by atoms with E-state index in [1.807, 2.05) is 10.5 Å².